The summed E-state index contributed by atoms with van der Waals surface area (Å²) in [5.74, 6) is -1.22. The number of rotatable bonds is 6. The molecule has 0 saturated heterocycles. The molecule has 102 valence electrons. The number of ketones is 1. The number of pyridine rings is 1. The summed E-state index contributed by atoms with van der Waals surface area (Å²) in [5, 5.41) is 2.60. The molecule has 0 aliphatic heterocycles. The lowest BCUT2D eigenvalue weighted by Crippen LogP contribution is -2.21. The predicted octanol–water partition coefficient (Wildman–Crippen LogP) is 1.59. The molecular weight excluding hydrogens is 272 g/mol. The van der Waals surface area contributed by atoms with E-state index in [0.717, 1.165) is 0 Å². The summed E-state index contributed by atoms with van der Waals surface area (Å²) < 4.78 is 4.70. The van der Waals surface area contributed by atoms with Gasteiger partial charge >= 0.3 is 5.97 Å². The number of amides is 1. The van der Waals surface area contributed by atoms with Crippen LogP contribution in [0.15, 0.2) is 18.3 Å². The zero-order chi connectivity index (χ0) is 14.3. The van der Waals surface area contributed by atoms with Crippen LogP contribution < -0.4 is 5.32 Å². The number of halogens is 1. The van der Waals surface area contributed by atoms with Crippen LogP contribution in [0.3, 0.4) is 0 Å². The Kier molecular flexibility index (Phi) is 5.95. The maximum Gasteiger partial charge on any atom is 0.306 e. The first-order valence-electron chi connectivity index (χ1n) is 5.54. The van der Waals surface area contributed by atoms with E-state index in [2.05, 4.69) is 10.3 Å². The molecule has 0 fully saturated rings. The molecule has 0 atom stereocenters. The van der Waals surface area contributed by atoms with E-state index in [4.69, 9.17) is 16.3 Å². The number of Topliss-reactive ketones (excluding diaryl/α,β-unsaturated/α-hetero) is 1. The van der Waals surface area contributed by atoms with Crippen molar-refractivity contribution in [1.29, 1.82) is 0 Å². The Morgan fingerprint density at radius 1 is 1.37 bits per heavy atom. The number of ether oxygens (including phenoxy) is 1. The zero-order valence-corrected chi connectivity index (χ0v) is 11.1. The van der Waals surface area contributed by atoms with Crippen molar-refractivity contribution in [3.05, 3.63) is 23.5 Å². The maximum absolute atomic E-state index is 11.5. The van der Waals surface area contributed by atoms with E-state index in [-0.39, 0.29) is 23.8 Å². The number of carbonyl (C=O) groups is 3. The highest BCUT2D eigenvalue weighted by Crippen LogP contribution is 2.16. The minimum absolute atomic E-state index is 0.0315. The lowest BCUT2D eigenvalue weighted by molar-refractivity contribution is -0.148. The van der Waals surface area contributed by atoms with Crippen LogP contribution in [-0.4, -0.2) is 29.3 Å². The van der Waals surface area contributed by atoms with Crippen molar-refractivity contribution >= 4 is 34.9 Å². The number of nitrogens with one attached hydrogen (secondary N) is 1. The number of esters is 1. The Morgan fingerprint density at radius 3 is 2.74 bits per heavy atom. The van der Waals surface area contributed by atoms with Crippen molar-refractivity contribution in [3.63, 3.8) is 0 Å². The molecule has 0 bridgehead atoms. The van der Waals surface area contributed by atoms with E-state index in [1.807, 2.05) is 0 Å². The van der Waals surface area contributed by atoms with E-state index in [0.29, 0.717) is 5.69 Å². The smallest absolute Gasteiger partial charge is 0.306 e. The molecule has 1 rings (SSSR count). The van der Waals surface area contributed by atoms with Gasteiger partial charge in [-0.05, 0) is 19.1 Å². The number of hydrogen-bond acceptors (Lipinski definition) is 5. The van der Waals surface area contributed by atoms with E-state index in [1.165, 1.54) is 13.1 Å². The summed E-state index contributed by atoms with van der Waals surface area (Å²) in [6.07, 6.45) is 1.56. The monoisotopic (exact) mass is 284 g/mol. The molecule has 0 aliphatic carbocycles. The predicted molar refractivity (Wildman–Crippen MR) is 68.8 cm³/mol. The molecule has 1 amide bonds. The molecule has 0 unspecified atom stereocenters. The van der Waals surface area contributed by atoms with Gasteiger partial charge < -0.3 is 14.8 Å². The van der Waals surface area contributed by atoms with E-state index >= 15 is 0 Å². The van der Waals surface area contributed by atoms with Crippen LogP contribution >= 0.6 is 11.6 Å². The summed E-state index contributed by atoms with van der Waals surface area (Å²) in [5.41, 5.74) is 0.342. The van der Waals surface area contributed by atoms with Crippen molar-refractivity contribution < 1.29 is 19.1 Å². The quantitative estimate of drug-likeness (QED) is 0.633. The second-order valence-electron chi connectivity index (χ2n) is 3.75. The third kappa shape index (κ3) is 5.96. The summed E-state index contributed by atoms with van der Waals surface area (Å²) in [7, 11) is 0. The first-order chi connectivity index (χ1) is 8.99. The van der Waals surface area contributed by atoms with Gasteiger partial charge in [0.05, 0.1) is 12.1 Å². The van der Waals surface area contributed by atoms with Gasteiger partial charge in [-0.25, -0.2) is 4.98 Å². The summed E-state index contributed by atoms with van der Waals surface area (Å²) in [6, 6.07) is 3.19. The lowest BCUT2D eigenvalue weighted by atomic mass is 10.2. The van der Waals surface area contributed by atoms with Gasteiger partial charge in [-0.1, -0.05) is 11.6 Å². The molecule has 0 aliphatic rings. The molecule has 0 spiro atoms. The SMILES string of the molecule is CC(=O)CCC(=O)OCC(=O)Nc1cccnc1Cl. The van der Waals surface area contributed by atoms with Crippen LogP contribution in [0.2, 0.25) is 5.15 Å². The number of anilines is 1. The van der Waals surface area contributed by atoms with Crippen molar-refractivity contribution in [2.24, 2.45) is 0 Å². The molecule has 1 aromatic rings. The lowest BCUT2D eigenvalue weighted by Gasteiger charge is -2.06. The van der Waals surface area contributed by atoms with Gasteiger partial charge in [0, 0.05) is 12.6 Å². The van der Waals surface area contributed by atoms with E-state index in [9.17, 15) is 14.4 Å². The summed E-state index contributed by atoms with van der Waals surface area (Å²) in [4.78, 5) is 37.1. The molecule has 0 aromatic carbocycles. The highest BCUT2D eigenvalue weighted by Gasteiger charge is 2.10. The minimum atomic E-state index is -0.595. The molecule has 6 nitrogen and oxygen atoms in total. The van der Waals surface area contributed by atoms with Crippen molar-refractivity contribution in [2.45, 2.75) is 19.8 Å². The zero-order valence-electron chi connectivity index (χ0n) is 10.3. The second-order valence-corrected chi connectivity index (χ2v) is 4.11. The van der Waals surface area contributed by atoms with E-state index in [1.54, 1.807) is 12.1 Å². The average Bonchev–Trinajstić information content (AvgIpc) is 2.36. The highest BCUT2D eigenvalue weighted by molar-refractivity contribution is 6.32. The van der Waals surface area contributed by atoms with Gasteiger partial charge in [0.15, 0.2) is 11.8 Å². The Bertz CT molecular complexity index is 490. The normalized spacial score (nSPS) is 9.79. The molecule has 0 saturated carbocycles. The van der Waals surface area contributed by atoms with Crippen LogP contribution in [0.25, 0.3) is 0 Å². The van der Waals surface area contributed by atoms with Crippen LogP contribution in [0.1, 0.15) is 19.8 Å². The van der Waals surface area contributed by atoms with Crippen molar-refractivity contribution in [3.8, 4) is 0 Å². The Hall–Kier alpha value is -1.95. The standard InChI is InChI=1S/C12H13ClN2O4/c1-8(16)4-5-11(18)19-7-10(17)15-9-3-2-6-14-12(9)13/h2-3,6H,4-5,7H2,1H3,(H,15,17). The Morgan fingerprint density at radius 2 is 2.11 bits per heavy atom. The number of aromatic nitrogens is 1. The third-order valence-electron chi connectivity index (χ3n) is 2.08. The number of nitrogens with zero attached hydrogens (tertiary/aromatic N) is 1. The van der Waals surface area contributed by atoms with E-state index < -0.39 is 18.5 Å². The fourth-order valence-electron chi connectivity index (χ4n) is 1.16. The Balaban J connectivity index is 2.34. The van der Waals surface area contributed by atoms with Gasteiger partial charge in [-0.2, -0.15) is 0 Å². The van der Waals surface area contributed by atoms with Crippen LogP contribution in [0.5, 0.6) is 0 Å². The molecule has 7 heteroatoms. The summed E-state index contributed by atoms with van der Waals surface area (Å²) in [6.45, 7) is 0.951. The van der Waals surface area contributed by atoms with Crippen LogP contribution in [-0.2, 0) is 19.1 Å². The average molecular weight is 285 g/mol. The van der Waals surface area contributed by atoms with Gasteiger partial charge in [0.25, 0.3) is 5.91 Å². The number of hydrogen-bond donors (Lipinski definition) is 1. The fourth-order valence-corrected chi connectivity index (χ4v) is 1.33. The molecule has 19 heavy (non-hydrogen) atoms. The van der Waals surface area contributed by atoms with Crippen LogP contribution in [0, 0.1) is 0 Å². The van der Waals surface area contributed by atoms with Gasteiger partial charge in [-0.3, -0.25) is 9.59 Å². The molecule has 0 radical (unpaired) electrons. The number of carbonyl (C=O) groups excluding carboxylic acids is 3. The van der Waals surface area contributed by atoms with Crippen molar-refractivity contribution in [1.82, 2.24) is 4.98 Å². The molecule has 1 N–H and O–H groups in total. The largest absolute Gasteiger partial charge is 0.456 e. The third-order valence-corrected chi connectivity index (χ3v) is 2.38. The molecular formula is C12H13ClN2O4. The first-order valence-corrected chi connectivity index (χ1v) is 5.92. The van der Waals surface area contributed by atoms with Crippen LogP contribution in [0.4, 0.5) is 5.69 Å². The van der Waals surface area contributed by atoms with Gasteiger partial charge in [-0.15, -0.1) is 0 Å². The maximum atomic E-state index is 11.5. The fraction of sp³-hybridized carbons (Fsp3) is 0.333. The molecule has 1 aromatic heterocycles. The minimum Gasteiger partial charge on any atom is -0.456 e. The van der Waals surface area contributed by atoms with Crippen molar-refractivity contribution in [2.75, 3.05) is 11.9 Å². The molecule has 1 heterocycles. The highest BCUT2D eigenvalue weighted by atomic mass is 35.5. The summed E-state index contributed by atoms with van der Waals surface area (Å²) >= 11 is 5.74. The van der Waals surface area contributed by atoms with Gasteiger partial charge in [0.1, 0.15) is 5.78 Å². The second kappa shape index (κ2) is 7.48. The topological polar surface area (TPSA) is 85.4 Å². The van der Waals surface area contributed by atoms with Gasteiger partial charge in [0.2, 0.25) is 0 Å². The first kappa shape index (κ1) is 15.1. The Labute approximate surface area is 115 Å².